The number of hydrogen-bond acceptors (Lipinski definition) is 2. The Balaban J connectivity index is 2.30. The molecule has 19 heavy (non-hydrogen) atoms. The summed E-state index contributed by atoms with van der Waals surface area (Å²) in [7, 11) is 0. The predicted octanol–water partition coefficient (Wildman–Crippen LogP) is 4.90. The maximum atomic E-state index is 12.3. The van der Waals surface area contributed by atoms with Crippen molar-refractivity contribution in [2.45, 2.75) is 90.6 Å². The van der Waals surface area contributed by atoms with E-state index in [9.17, 15) is 4.79 Å². The normalized spacial score (nSPS) is 18.4. The van der Waals surface area contributed by atoms with Crippen molar-refractivity contribution < 1.29 is 9.53 Å². The summed E-state index contributed by atoms with van der Waals surface area (Å²) in [4.78, 5) is 12.3. The minimum Gasteiger partial charge on any atom is -0.370 e. The lowest BCUT2D eigenvalue weighted by Crippen LogP contribution is -2.34. The maximum absolute atomic E-state index is 12.3. The Kier molecular flexibility index (Phi) is 9.15. The maximum Gasteiger partial charge on any atom is 0.161 e. The van der Waals surface area contributed by atoms with E-state index >= 15 is 0 Å². The van der Waals surface area contributed by atoms with Crippen molar-refractivity contribution in [2.75, 3.05) is 6.61 Å². The molecule has 0 aliphatic heterocycles. The van der Waals surface area contributed by atoms with Crippen LogP contribution in [0.2, 0.25) is 0 Å². The molecule has 0 aromatic carbocycles. The van der Waals surface area contributed by atoms with Crippen LogP contribution in [0, 0.1) is 5.92 Å². The van der Waals surface area contributed by atoms with E-state index in [-0.39, 0.29) is 6.10 Å². The van der Waals surface area contributed by atoms with Gasteiger partial charge in [-0.2, -0.15) is 0 Å². The van der Waals surface area contributed by atoms with Gasteiger partial charge in [0.1, 0.15) is 6.10 Å². The average Bonchev–Trinajstić information content (AvgIpc) is 2.45. The molecule has 0 bridgehead atoms. The lowest BCUT2D eigenvalue weighted by atomic mass is 9.83. The van der Waals surface area contributed by atoms with Gasteiger partial charge in [-0.25, -0.2) is 0 Å². The highest BCUT2D eigenvalue weighted by Crippen LogP contribution is 2.29. The Morgan fingerprint density at radius 3 is 2.37 bits per heavy atom. The average molecular weight is 268 g/mol. The first kappa shape index (κ1) is 16.7. The number of unbranched alkanes of at least 4 members (excludes halogenated alkanes) is 4. The fourth-order valence-corrected chi connectivity index (χ4v) is 3.15. The summed E-state index contributed by atoms with van der Waals surface area (Å²) in [6.07, 6.45) is 13.0. The van der Waals surface area contributed by atoms with Crippen molar-refractivity contribution >= 4 is 5.78 Å². The largest absolute Gasteiger partial charge is 0.370 e. The fraction of sp³-hybridized carbons (Fsp3) is 0.941. The van der Waals surface area contributed by atoms with Gasteiger partial charge in [0, 0.05) is 13.0 Å². The van der Waals surface area contributed by atoms with Crippen LogP contribution in [0.5, 0.6) is 0 Å². The van der Waals surface area contributed by atoms with Crippen molar-refractivity contribution in [3.05, 3.63) is 0 Å². The summed E-state index contributed by atoms with van der Waals surface area (Å²) < 4.78 is 5.77. The van der Waals surface area contributed by atoms with E-state index in [2.05, 4.69) is 6.92 Å². The van der Waals surface area contributed by atoms with Gasteiger partial charge in [-0.05, 0) is 32.1 Å². The fourth-order valence-electron chi connectivity index (χ4n) is 3.15. The molecule has 0 saturated heterocycles. The van der Waals surface area contributed by atoms with E-state index in [4.69, 9.17) is 4.74 Å². The summed E-state index contributed by atoms with van der Waals surface area (Å²) in [5.41, 5.74) is 0. The number of carbonyl (C=O) groups is 1. The lowest BCUT2D eigenvalue weighted by Gasteiger charge is -2.29. The highest BCUT2D eigenvalue weighted by molar-refractivity contribution is 5.83. The van der Waals surface area contributed by atoms with Crippen LogP contribution in [-0.2, 0) is 9.53 Å². The second-order valence-electron chi connectivity index (χ2n) is 5.90. The Hall–Kier alpha value is -0.370. The molecular formula is C17H32O2. The van der Waals surface area contributed by atoms with Gasteiger partial charge < -0.3 is 4.74 Å². The van der Waals surface area contributed by atoms with Crippen molar-refractivity contribution in [1.82, 2.24) is 0 Å². The molecular weight excluding hydrogens is 236 g/mol. The van der Waals surface area contributed by atoms with Crippen LogP contribution < -0.4 is 0 Å². The van der Waals surface area contributed by atoms with Crippen LogP contribution in [-0.4, -0.2) is 18.5 Å². The summed E-state index contributed by atoms with van der Waals surface area (Å²) >= 11 is 0. The molecule has 112 valence electrons. The topological polar surface area (TPSA) is 26.3 Å². The monoisotopic (exact) mass is 268 g/mol. The SMILES string of the molecule is CCCCCCCC(=O)C(OCC)C1CCCCC1. The molecule has 0 spiro atoms. The molecule has 1 rings (SSSR count). The minimum absolute atomic E-state index is 0.100. The van der Waals surface area contributed by atoms with Crippen LogP contribution in [0.4, 0.5) is 0 Å². The van der Waals surface area contributed by atoms with Gasteiger partial charge in [0.15, 0.2) is 5.78 Å². The van der Waals surface area contributed by atoms with Gasteiger partial charge in [-0.3, -0.25) is 4.79 Å². The summed E-state index contributed by atoms with van der Waals surface area (Å²) in [5, 5.41) is 0. The zero-order valence-electron chi connectivity index (χ0n) is 13.0. The number of rotatable bonds is 10. The molecule has 0 amide bonds. The van der Waals surface area contributed by atoms with Gasteiger partial charge in [0.05, 0.1) is 0 Å². The Morgan fingerprint density at radius 2 is 1.74 bits per heavy atom. The summed E-state index contributed by atoms with van der Waals surface area (Å²) in [5.74, 6) is 0.863. The smallest absolute Gasteiger partial charge is 0.161 e. The number of hydrogen-bond donors (Lipinski definition) is 0. The molecule has 0 aromatic heterocycles. The zero-order valence-corrected chi connectivity index (χ0v) is 13.0. The van der Waals surface area contributed by atoms with Crippen molar-refractivity contribution in [3.8, 4) is 0 Å². The first-order chi connectivity index (χ1) is 9.29. The Bertz CT molecular complexity index is 231. The number of carbonyl (C=O) groups excluding carboxylic acids is 1. The number of ketones is 1. The van der Waals surface area contributed by atoms with E-state index in [1.807, 2.05) is 6.92 Å². The van der Waals surface area contributed by atoms with Gasteiger partial charge in [0.25, 0.3) is 0 Å². The van der Waals surface area contributed by atoms with Gasteiger partial charge in [-0.1, -0.05) is 51.9 Å². The standard InChI is InChI=1S/C17H32O2/c1-3-5-6-7-11-14-16(18)17(19-4-2)15-12-9-8-10-13-15/h15,17H,3-14H2,1-2H3. The van der Waals surface area contributed by atoms with Crippen molar-refractivity contribution in [2.24, 2.45) is 5.92 Å². The van der Waals surface area contributed by atoms with Gasteiger partial charge >= 0.3 is 0 Å². The molecule has 1 unspecified atom stereocenters. The number of Topliss-reactive ketones (excluding diaryl/α,β-unsaturated/α-hetero) is 1. The number of ether oxygens (including phenoxy) is 1. The first-order valence-corrected chi connectivity index (χ1v) is 8.43. The van der Waals surface area contributed by atoms with E-state index in [0.29, 0.717) is 18.3 Å². The van der Waals surface area contributed by atoms with Crippen LogP contribution in [0.3, 0.4) is 0 Å². The second kappa shape index (κ2) is 10.4. The molecule has 0 radical (unpaired) electrons. The third kappa shape index (κ3) is 6.56. The molecule has 2 nitrogen and oxygen atoms in total. The van der Waals surface area contributed by atoms with E-state index in [1.54, 1.807) is 0 Å². The van der Waals surface area contributed by atoms with E-state index in [0.717, 1.165) is 12.8 Å². The van der Waals surface area contributed by atoms with Crippen LogP contribution in [0.25, 0.3) is 0 Å². The second-order valence-corrected chi connectivity index (χ2v) is 5.90. The van der Waals surface area contributed by atoms with Gasteiger partial charge in [0.2, 0.25) is 0 Å². The molecule has 1 aliphatic carbocycles. The Morgan fingerprint density at radius 1 is 1.05 bits per heavy atom. The molecule has 0 aromatic rings. The van der Waals surface area contributed by atoms with Crippen LogP contribution in [0.1, 0.15) is 84.5 Å². The molecule has 1 aliphatic rings. The summed E-state index contributed by atoms with van der Waals surface area (Å²) in [6.45, 7) is 4.90. The summed E-state index contributed by atoms with van der Waals surface area (Å²) in [6, 6.07) is 0. The highest BCUT2D eigenvalue weighted by atomic mass is 16.5. The van der Waals surface area contributed by atoms with E-state index < -0.39 is 0 Å². The third-order valence-corrected chi connectivity index (χ3v) is 4.27. The predicted molar refractivity (Wildman–Crippen MR) is 80.4 cm³/mol. The molecule has 1 atom stereocenters. The minimum atomic E-state index is -0.100. The third-order valence-electron chi connectivity index (χ3n) is 4.27. The van der Waals surface area contributed by atoms with Crippen LogP contribution >= 0.6 is 0 Å². The van der Waals surface area contributed by atoms with Crippen molar-refractivity contribution in [3.63, 3.8) is 0 Å². The van der Waals surface area contributed by atoms with E-state index in [1.165, 1.54) is 57.8 Å². The molecule has 1 fully saturated rings. The molecule has 2 heteroatoms. The molecule has 0 N–H and O–H groups in total. The lowest BCUT2D eigenvalue weighted by molar-refractivity contribution is -0.135. The van der Waals surface area contributed by atoms with Gasteiger partial charge in [-0.15, -0.1) is 0 Å². The Labute approximate surface area is 119 Å². The van der Waals surface area contributed by atoms with Crippen molar-refractivity contribution in [1.29, 1.82) is 0 Å². The quantitative estimate of drug-likeness (QED) is 0.527. The first-order valence-electron chi connectivity index (χ1n) is 8.43. The molecule has 0 heterocycles. The van der Waals surface area contributed by atoms with Crippen LogP contribution in [0.15, 0.2) is 0 Å². The highest BCUT2D eigenvalue weighted by Gasteiger charge is 2.29. The molecule has 1 saturated carbocycles. The zero-order chi connectivity index (χ0) is 13.9.